The molecule has 1 N–H and O–H groups in total. The van der Waals surface area contributed by atoms with E-state index in [1.54, 1.807) is 24.7 Å². The number of amides is 1. The molecular formula is C16H20N6O. The third-order valence-corrected chi connectivity index (χ3v) is 4.42. The molecular weight excluding hydrogens is 292 g/mol. The molecule has 1 aliphatic carbocycles. The minimum Gasteiger partial charge on any atom is -0.356 e. The molecule has 0 aromatic carbocycles. The van der Waals surface area contributed by atoms with E-state index in [9.17, 15) is 4.79 Å². The predicted octanol–water partition coefficient (Wildman–Crippen LogP) is 1.15. The molecule has 7 nitrogen and oxygen atoms in total. The number of anilines is 1. The van der Waals surface area contributed by atoms with E-state index < -0.39 is 0 Å². The van der Waals surface area contributed by atoms with E-state index in [1.165, 1.54) is 12.8 Å². The average Bonchev–Trinajstić information content (AvgIpc) is 3.29. The molecule has 2 aromatic heterocycles. The molecule has 0 bridgehead atoms. The quantitative estimate of drug-likeness (QED) is 0.896. The van der Waals surface area contributed by atoms with Gasteiger partial charge >= 0.3 is 0 Å². The first-order valence-corrected chi connectivity index (χ1v) is 8.10. The predicted molar refractivity (Wildman–Crippen MR) is 84.7 cm³/mol. The molecule has 23 heavy (non-hydrogen) atoms. The first kappa shape index (κ1) is 14.2. The lowest BCUT2D eigenvalue weighted by molar-refractivity contribution is -0.122. The van der Waals surface area contributed by atoms with Crippen molar-refractivity contribution in [2.75, 3.05) is 18.0 Å². The summed E-state index contributed by atoms with van der Waals surface area (Å²) in [5.41, 5.74) is 1.09. The van der Waals surface area contributed by atoms with Crippen molar-refractivity contribution in [2.45, 2.75) is 31.8 Å². The highest BCUT2D eigenvalue weighted by atomic mass is 16.1. The summed E-state index contributed by atoms with van der Waals surface area (Å²) < 4.78 is 1.97. The van der Waals surface area contributed by atoms with Gasteiger partial charge in [0.25, 0.3) is 0 Å². The van der Waals surface area contributed by atoms with Crippen molar-refractivity contribution in [1.82, 2.24) is 25.1 Å². The van der Waals surface area contributed by atoms with E-state index in [4.69, 9.17) is 0 Å². The number of nitrogens with zero attached hydrogens (tertiary/aromatic N) is 5. The fourth-order valence-electron chi connectivity index (χ4n) is 3.01. The number of nitrogens with one attached hydrogen (secondary N) is 1. The van der Waals surface area contributed by atoms with Crippen LogP contribution < -0.4 is 10.2 Å². The lowest BCUT2D eigenvalue weighted by atomic mass is 10.1. The zero-order valence-electron chi connectivity index (χ0n) is 12.9. The van der Waals surface area contributed by atoms with Gasteiger partial charge in [0.1, 0.15) is 0 Å². The molecule has 7 heteroatoms. The second-order valence-electron chi connectivity index (χ2n) is 6.30. The number of hydrogen-bond donors (Lipinski definition) is 1. The van der Waals surface area contributed by atoms with Crippen LogP contribution in [0.4, 0.5) is 5.95 Å². The molecule has 1 atom stereocenters. The molecule has 0 radical (unpaired) electrons. The Labute approximate surface area is 134 Å². The van der Waals surface area contributed by atoms with Crippen molar-refractivity contribution in [3.8, 4) is 0 Å². The van der Waals surface area contributed by atoms with Gasteiger partial charge in [0, 0.05) is 31.7 Å². The summed E-state index contributed by atoms with van der Waals surface area (Å²) in [5, 5.41) is 7.44. The largest absolute Gasteiger partial charge is 0.356 e. The van der Waals surface area contributed by atoms with Crippen molar-refractivity contribution in [2.24, 2.45) is 5.92 Å². The maximum atomic E-state index is 12.2. The normalized spacial score (nSPS) is 20.2. The van der Waals surface area contributed by atoms with Gasteiger partial charge in [-0.05, 0) is 30.9 Å². The van der Waals surface area contributed by atoms with Gasteiger partial charge in [0.05, 0.1) is 24.7 Å². The van der Waals surface area contributed by atoms with E-state index in [0.29, 0.717) is 31.4 Å². The number of fused-ring (bicyclic) bond motifs is 1. The van der Waals surface area contributed by atoms with Crippen molar-refractivity contribution in [3.05, 3.63) is 36.4 Å². The zero-order chi connectivity index (χ0) is 15.6. The Balaban J connectivity index is 1.47. The first-order valence-electron chi connectivity index (χ1n) is 8.10. The molecule has 2 aliphatic rings. The van der Waals surface area contributed by atoms with Gasteiger partial charge in [-0.2, -0.15) is 5.10 Å². The van der Waals surface area contributed by atoms with Gasteiger partial charge in [-0.1, -0.05) is 0 Å². The van der Waals surface area contributed by atoms with E-state index in [0.717, 1.165) is 12.2 Å². The number of carbonyl (C=O) groups is 1. The summed E-state index contributed by atoms with van der Waals surface area (Å²) in [6, 6.07) is 3.81. The van der Waals surface area contributed by atoms with Crippen molar-refractivity contribution >= 4 is 11.9 Å². The number of carbonyl (C=O) groups excluding carboxylic acids is 1. The number of hydrogen-bond acceptors (Lipinski definition) is 5. The lowest BCUT2D eigenvalue weighted by Gasteiger charge is -2.33. The maximum absolute atomic E-state index is 12.2. The summed E-state index contributed by atoms with van der Waals surface area (Å²) in [7, 11) is 0. The van der Waals surface area contributed by atoms with Crippen LogP contribution in [0.3, 0.4) is 0 Å². The Morgan fingerprint density at radius 1 is 1.26 bits per heavy atom. The fraction of sp³-hybridized carbons (Fsp3) is 0.500. The van der Waals surface area contributed by atoms with E-state index in [-0.39, 0.29) is 11.9 Å². The van der Waals surface area contributed by atoms with E-state index in [1.807, 2.05) is 10.7 Å². The molecule has 0 unspecified atom stereocenters. The second-order valence-corrected chi connectivity index (χ2v) is 6.30. The van der Waals surface area contributed by atoms with E-state index >= 15 is 0 Å². The maximum Gasteiger partial charge on any atom is 0.225 e. The summed E-state index contributed by atoms with van der Waals surface area (Å²) in [6.07, 6.45) is 8.19. The van der Waals surface area contributed by atoms with Crippen LogP contribution in [0.25, 0.3) is 0 Å². The van der Waals surface area contributed by atoms with Gasteiger partial charge in [-0.25, -0.2) is 9.97 Å². The average molecular weight is 312 g/mol. The van der Waals surface area contributed by atoms with Crippen molar-refractivity contribution in [1.29, 1.82) is 0 Å². The highest BCUT2D eigenvalue weighted by Gasteiger charge is 2.29. The molecule has 0 saturated heterocycles. The highest BCUT2D eigenvalue weighted by Crippen LogP contribution is 2.28. The molecule has 1 fully saturated rings. The third-order valence-electron chi connectivity index (χ3n) is 4.42. The minimum absolute atomic E-state index is 0.0109. The molecule has 1 amide bonds. The highest BCUT2D eigenvalue weighted by molar-refractivity contribution is 5.76. The van der Waals surface area contributed by atoms with Crippen molar-refractivity contribution in [3.63, 3.8) is 0 Å². The van der Waals surface area contributed by atoms with Crippen LogP contribution in [0, 0.1) is 5.92 Å². The van der Waals surface area contributed by atoms with Gasteiger partial charge in [-0.3, -0.25) is 9.48 Å². The summed E-state index contributed by atoms with van der Waals surface area (Å²) in [6.45, 7) is 2.21. The minimum atomic E-state index is 0.0109. The van der Waals surface area contributed by atoms with Crippen LogP contribution in [-0.4, -0.2) is 38.7 Å². The smallest absolute Gasteiger partial charge is 0.225 e. The number of rotatable bonds is 5. The van der Waals surface area contributed by atoms with Gasteiger partial charge in [-0.15, -0.1) is 0 Å². The molecule has 1 aliphatic heterocycles. The standard InChI is InChI=1S/C16H20N6O/c23-15(19-9-12-2-3-12)8-14-11-21(16-17-5-1-6-18-16)10-13-4-7-20-22(13)14/h1,4-7,12,14H,2-3,8-11H2,(H,19,23)/t14-/m0/s1. The zero-order valence-corrected chi connectivity index (χ0v) is 12.9. The van der Waals surface area contributed by atoms with Crippen molar-refractivity contribution < 1.29 is 4.79 Å². The van der Waals surface area contributed by atoms with Crippen LogP contribution in [0.5, 0.6) is 0 Å². The van der Waals surface area contributed by atoms with E-state index in [2.05, 4.69) is 25.3 Å². The lowest BCUT2D eigenvalue weighted by Crippen LogP contribution is -2.41. The summed E-state index contributed by atoms with van der Waals surface area (Å²) in [4.78, 5) is 23.0. The van der Waals surface area contributed by atoms with Crippen LogP contribution in [0.1, 0.15) is 31.0 Å². The molecule has 3 heterocycles. The Kier molecular flexibility index (Phi) is 3.69. The van der Waals surface area contributed by atoms with Crippen LogP contribution in [0.15, 0.2) is 30.7 Å². The fourth-order valence-corrected chi connectivity index (χ4v) is 3.01. The first-order chi connectivity index (χ1) is 11.3. The Morgan fingerprint density at radius 2 is 2.09 bits per heavy atom. The summed E-state index contributed by atoms with van der Waals surface area (Å²) >= 11 is 0. The monoisotopic (exact) mass is 312 g/mol. The Bertz CT molecular complexity index is 681. The topological polar surface area (TPSA) is 75.9 Å². The summed E-state index contributed by atoms with van der Waals surface area (Å²) in [5.74, 6) is 1.49. The molecule has 2 aromatic rings. The Hall–Kier alpha value is -2.44. The Morgan fingerprint density at radius 3 is 2.87 bits per heavy atom. The molecule has 4 rings (SSSR count). The molecule has 1 saturated carbocycles. The third kappa shape index (κ3) is 3.18. The van der Waals surface area contributed by atoms with Crippen LogP contribution >= 0.6 is 0 Å². The van der Waals surface area contributed by atoms with Crippen LogP contribution in [-0.2, 0) is 11.3 Å². The molecule has 0 spiro atoms. The second kappa shape index (κ2) is 5.98. The SMILES string of the molecule is O=C(C[C@H]1CN(c2ncccn2)Cc2ccnn21)NCC1CC1. The van der Waals surface area contributed by atoms with Gasteiger partial charge < -0.3 is 10.2 Å². The van der Waals surface area contributed by atoms with Gasteiger partial charge in [0.15, 0.2) is 0 Å². The number of aromatic nitrogens is 4. The van der Waals surface area contributed by atoms with Gasteiger partial charge in [0.2, 0.25) is 11.9 Å². The van der Waals surface area contributed by atoms with Crippen LogP contribution in [0.2, 0.25) is 0 Å². The molecule has 120 valence electrons.